The van der Waals surface area contributed by atoms with E-state index in [2.05, 4.69) is 0 Å². The van der Waals surface area contributed by atoms with Crippen LogP contribution in [0.25, 0.3) is 0 Å². The molecule has 0 aromatic heterocycles. The van der Waals surface area contributed by atoms with Crippen LogP contribution in [0.1, 0.15) is 36.8 Å². The maximum absolute atomic E-state index is 13.2. The minimum Gasteiger partial charge on any atom is -0.388 e. The summed E-state index contributed by atoms with van der Waals surface area (Å²) in [4.78, 5) is 26.2. The number of ketones is 2. The molecule has 4 bridgehead atoms. The number of benzene rings is 2. The van der Waals surface area contributed by atoms with Gasteiger partial charge in [-0.05, 0) is 30.9 Å². The third-order valence-electron chi connectivity index (χ3n) is 7.36. The molecule has 2 aromatic rings. The molecule has 0 spiro atoms. The summed E-state index contributed by atoms with van der Waals surface area (Å²) in [6, 6.07) is 19.8. The van der Waals surface area contributed by atoms with Gasteiger partial charge >= 0.3 is 0 Å². The lowest BCUT2D eigenvalue weighted by molar-refractivity contribution is -0.194. The van der Waals surface area contributed by atoms with E-state index in [1.54, 1.807) is 0 Å². The van der Waals surface area contributed by atoms with Crippen LogP contribution >= 0.6 is 0 Å². The van der Waals surface area contributed by atoms with E-state index in [-0.39, 0.29) is 23.4 Å². The average molecular weight is 346 g/mol. The number of aliphatic hydroxyl groups is 1. The van der Waals surface area contributed by atoms with Gasteiger partial charge in [-0.15, -0.1) is 0 Å². The first kappa shape index (κ1) is 16.0. The van der Waals surface area contributed by atoms with Crippen molar-refractivity contribution in [3.63, 3.8) is 0 Å². The molecule has 4 fully saturated rings. The Kier molecular flexibility index (Phi) is 3.15. The van der Waals surface area contributed by atoms with Gasteiger partial charge < -0.3 is 5.11 Å². The van der Waals surface area contributed by atoms with Gasteiger partial charge in [0.05, 0.1) is 17.4 Å². The average Bonchev–Trinajstić information content (AvgIpc) is 2.65. The molecule has 1 N–H and O–H groups in total. The highest BCUT2D eigenvalue weighted by molar-refractivity contribution is 6.10. The molecule has 3 nitrogen and oxygen atoms in total. The second-order valence-electron chi connectivity index (χ2n) is 8.38. The molecule has 3 heteroatoms. The van der Waals surface area contributed by atoms with Crippen molar-refractivity contribution in [2.75, 3.05) is 0 Å². The first-order valence-electron chi connectivity index (χ1n) is 9.38. The van der Waals surface area contributed by atoms with Crippen LogP contribution in [0.15, 0.2) is 60.7 Å². The van der Waals surface area contributed by atoms with Crippen molar-refractivity contribution in [2.24, 2.45) is 17.8 Å². The number of hydrogen-bond acceptors (Lipinski definition) is 3. The molecule has 4 saturated carbocycles. The van der Waals surface area contributed by atoms with E-state index in [0.29, 0.717) is 12.8 Å². The van der Waals surface area contributed by atoms with Crippen LogP contribution in [0.5, 0.6) is 0 Å². The van der Waals surface area contributed by atoms with Gasteiger partial charge in [0.2, 0.25) is 0 Å². The Morgan fingerprint density at radius 3 is 2.15 bits per heavy atom. The molecule has 0 heterocycles. The van der Waals surface area contributed by atoms with Crippen molar-refractivity contribution < 1.29 is 14.7 Å². The van der Waals surface area contributed by atoms with Crippen molar-refractivity contribution in [1.82, 2.24) is 0 Å². The normalized spacial score (nSPS) is 40.8. The monoisotopic (exact) mass is 346 g/mol. The molecule has 132 valence electrons. The predicted molar refractivity (Wildman–Crippen MR) is 97.6 cm³/mol. The zero-order valence-electron chi connectivity index (χ0n) is 14.8. The Balaban J connectivity index is 1.72. The molecule has 0 aliphatic heterocycles. The second kappa shape index (κ2) is 5.14. The zero-order valence-corrected chi connectivity index (χ0v) is 14.8. The van der Waals surface area contributed by atoms with E-state index in [1.165, 1.54) is 0 Å². The summed E-state index contributed by atoms with van der Waals surface area (Å²) in [5.74, 6) is -1.48. The lowest BCUT2D eigenvalue weighted by Gasteiger charge is -2.65. The number of hydrogen-bond donors (Lipinski definition) is 1. The van der Waals surface area contributed by atoms with Crippen molar-refractivity contribution in [2.45, 2.75) is 36.7 Å². The van der Waals surface area contributed by atoms with Crippen molar-refractivity contribution in [3.8, 4) is 0 Å². The van der Waals surface area contributed by atoms with Crippen molar-refractivity contribution in [1.29, 1.82) is 0 Å². The second-order valence-corrected chi connectivity index (χ2v) is 8.38. The van der Waals surface area contributed by atoms with Crippen LogP contribution in [0.3, 0.4) is 0 Å². The molecular weight excluding hydrogens is 324 g/mol. The van der Waals surface area contributed by atoms with Gasteiger partial charge in [0.15, 0.2) is 0 Å². The summed E-state index contributed by atoms with van der Waals surface area (Å²) in [7, 11) is 0. The number of rotatable bonds is 2. The fourth-order valence-electron chi connectivity index (χ4n) is 6.16. The van der Waals surface area contributed by atoms with Gasteiger partial charge in [-0.3, -0.25) is 9.59 Å². The summed E-state index contributed by atoms with van der Waals surface area (Å²) in [5.41, 5.74) is 0.351. The molecule has 1 unspecified atom stereocenters. The van der Waals surface area contributed by atoms with Gasteiger partial charge in [0.1, 0.15) is 11.6 Å². The number of carbonyl (C=O) groups is 2. The fourth-order valence-corrected chi connectivity index (χ4v) is 6.16. The lowest BCUT2D eigenvalue weighted by Crippen LogP contribution is -2.73. The highest BCUT2D eigenvalue weighted by Crippen LogP contribution is 2.66. The van der Waals surface area contributed by atoms with Crippen LogP contribution in [0.2, 0.25) is 0 Å². The first-order chi connectivity index (χ1) is 12.5. The minimum atomic E-state index is -1.17. The maximum Gasteiger partial charge on any atom is 0.149 e. The summed E-state index contributed by atoms with van der Waals surface area (Å²) in [6.07, 6.45) is 1.05. The molecular formula is C23H22O3. The summed E-state index contributed by atoms with van der Waals surface area (Å²) >= 11 is 0. The number of carbonyl (C=O) groups excluding carboxylic acids is 2. The van der Waals surface area contributed by atoms with Crippen molar-refractivity contribution >= 4 is 11.6 Å². The summed E-state index contributed by atoms with van der Waals surface area (Å²) in [5, 5.41) is 11.8. The molecule has 0 amide bonds. The molecule has 0 radical (unpaired) electrons. The molecule has 26 heavy (non-hydrogen) atoms. The Morgan fingerprint density at radius 1 is 0.885 bits per heavy atom. The zero-order chi connectivity index (χ0) is 18.1. The van der Waals surface area contributed by atoms with E-state index in [1.807, 2.05) is 67.6 Å². The van der Waals surface area contributed by atoms with Crippen LogP contribution < -0.4 is 0 Å². The molecule has 0 saturated heterocycles. The fraction of sp³-hybridized carbons (Fsp3) is 0.391. The standard InChI is InChI=1S/C23H22O3/c1-22(26)19-18(14-8-4-2-5-9-14)16-12-23(22,15-10-6-3-7-11-15)13-17(20(16)24)21(19)25/h2-11,16-19,26H,12-13H2,1H3/t16-,17-,18?,19+,22-,23-/m0/s1. The Labute approximate surface area is 153 Å². The molecule has 2 aromatic carbocycles. The van der Waals surface area contributed by atoms with Crippen LogP contribution in [-0.4, -0.2) is 22.3 Å². The van der Waals surface area contributed by atoms with Crippen LogP contribution in [0, 0.1) is 17.8 Å². The summed E-state index contributed by atoms with van der Waals surface area (Å²) in [6.45, 7) is 1.82. The quantitative estimate of drug-likeness (QED) is 0.849. The molecule has 4 aliphatic rings. The molecule has 6 atom stereocenters. The van der Waals surface area contributed by atoms with E-state index in [4.69, 9.17) is 0 Å². The van der Waals surface area contributed by atoms with E-state index in [9.17, 15) is 14.7 Å². The van der Waals surface area contributed by atoms with Gasteiger partial charge in [0, 0.05) is 17.3 Å². The lowest BCUT2D eigenvalue weighted by atomic mass is 9.38. The van der Waals surface area contributed by atoms with Crippen LogP contribution in [-0.2, 0) is 15.0 Å². The topological polar surface area (TPSA) is 54.4 Å². The highest BCUT2D eigenvalue weighted by atomic mass is 16.3. The number of Topliss-reactive ketones (excluding diaryl/α,β-unsaturated/α-hetero) is 2. The van der Waals surface area contributed by atoms with Gasteiger partial charge in [-0.2, -0.15) is 0 Å². The van der Waals surface area contributed by atoms with E-state index in [0.717, 1.165) is 11.1 Å². The van der Waals surface area contributed by atoms with E-state index < -0.39 is 22.9 Å². The first-order valence-corrected chi connectivity index (χ1v) is 9.38. The van der Waals surface area contributed by atoms with Gasteiger partial charge in [-0.25, -0.2) is 0 Å². The Morgan fingerprint density at radius 2 is 1.50 bits per heavy atom. The summed E-state index contributed by atoms with van der Waals surface area (Å²) < 4.78 is 0. The van der Waals surface area contributed by atoms with Gasteiger partial charge in [0.25, 0.3) is 0 Å². The predicted octanol–water partition coefficient (Wildman–Crippen LogP) is 3.27. The van der Waals surface area contributed by atoms with Gasteiger partial charge in [-0.1, -0.05) is 60.7 Å². The van der Waals surface area contributed by atoms with Crippen molar-refractivity contribution in [3.05, 3.63) is 71.8 Å². The third-order valence-corrected chi connectivity index (χ3v) is 7.36. The third kappa shape index (κ3) is 1.77. The SMILES string of the molecule is C[C@]1(O)[C@H]2C(=O)[C@H]3C[C@]1(c1ccccc1)C[C@H](C3=O)C2c1ccccc1. The van der Waals surface area contributed by atoms with E-state index >= 15 is 0 Å². The molecule has 6 rings (SSSR count). The molecule has 4 aliphatic carbocycles. The smallest absolute Gasteiger partial charge is 0.149 e. The van der Waals surface area contributed by atoms with Crippen LogP contribution in [0.4, 0.5) is 0 Å². The Bertz CT molecular complexity index is 886. The maximum atomic E-state index is 13.2. The largest absolute Gasteiger partial charge is 0.388 e. The highest BCUT2D eigenvalue weighted by Gasteiger charge is 2.72. The Hall–Kier alpha value is -2.26. The minimum absolute atomic E-state index is 0.0589.